The molecule has 0 aromatic heterocycles. The topological polar surface area (TPSA) is 9.23 Å². The first-order valence-corrected chi connectivity index (χ1v) is 7.47. The minimum Gasteiger partial charge on any atom is -0.377 e. The highest BCUT2D eigenvalue weighted by Gasteiger charge is 2.31. The van der Waals surface area contributed by atoms with Crippen LogP contribution in [0.2, 0.25) is 0 Å². The van der Waals surface area contributed by atoms with Gasteiger partial charge in [-0.05, 0) is 33.9 Å². The van der Waals surface area contributed by atoms with Crippen LogP contribution in [0.25, 0.3) is 10.8 Å². The molecule has 3 aromatic carbocycles. The van der Waals surface area contributed by atoms with E-state index in [1.807, 2.05) is 7.11 Å². The molecule has 1 aliphatic carbocycles. The molecule has 0 aliphatic heterocycles. The third kappa shape index (κ3) is 2.05. The highest BCUT2D eigenvalue weighted by atomic mass is 16.5. The number of hydrogen-bond acceptors (Lipinski definition) is 1. The van der Waals surface area contributed by atoms with Gasteiger partial charge in [0, 0.05) is 13.0 Å². The van der Waals surface area contributed by atoms with Gasteiger partial charge in [-0.15, -0.1) is 0 Å². The molecule has 0 unspecified atom stereocenters. The summed E-state index contributed by atoms with van der Waals surface area (Å²) in [7, 11) is 1.81. The lowest BCUT2D eigenvalue weighted by Crippen LogP contribution is -1.97. The molecule has 0 spiro atoms. The third-order valence-corrected chi connectivity index (χ3v) is 4.63. The summed E-state index contributed by atoms with van der Waals surface area (Å²) in [5, 5.41) is 2.61. The minimum absolute atomic E-state index is 0.220. The van der Waals surface area contributed by atoms with Gasteiger partial charge < -0.3 is 4.74 Å². The van der Waals surface area contributed by atoms with Crippen molar-refractivity contribution in [2.45, 2.75) is 18.4 Å². The SMILES string of the molecule is CO[C@@H]1C[C@H](c2ccc3ccccc3c2)c2ccccc21. The molecule has 1 heteroatoms. The quantitative estimate of drug-likeness (QED) is 0.634. The summed E-state index contributed by atoms with van der Waals surface area (Å²) in [4.78, 5) is 0. The number of ether oxygens (including phenoxy) is 1. The van der Waals surface area contributed by atoms with Crippen LogP contribution in [0.4, 0.5) is 0 Å². The van der Waals surface area contributed by atoms with E-state index in [9.17, 15) is 0 Å². The van der Waals surface area contributed by atoms with Crippen molar-refractivity contribution in [2.24, 2.45) is 0 Å². The molecule has 2 atom stereocenters. The largest absolute Gasteiger partial charge is 0.377 e. The summed E-state index contributed by atoms with van der Waals surface area (Å²) < 4.78 is 5.68. The van der Waals surface area contributed by atoms with Crippen molar-refractivity contribution in [3.05, 3.63) is 83.4 Å². The highest BCUT2D eigenvalue weighted by Crippen LogP contribution is 2.45. The van der Waals surface area contributed by atoms with Crippen LogP contribution in [0.15, 0.2) is 66.7 Å². The summed E-state index contributed by atoms with van der Waals surface area (Å²) in [5.74, 6) is 0.441. The lowest BCUT2D eigenvalue weighted by molar-refractivity contribution is 0.102. The molecule has 0 N–H and O–H groups in total. The van der Waals surface area contributed by atoms with Crippen LogP contribution < -0.4 is 0 Å². The van der Waals surface area contributed by atoms with E-state index in [4.69, 9.17) is 4.74 Å². The monoisotopic (exact) mass is 274 g/mol. The van der Waals surface area contributed by atoms with Crippen LogP contribution >= 0.6 is 0 Å². The van der Waals surface area contributed by atoms with Crippen molar-refractivity contribution >= 4 is 10.8 Å². The molecule has 0 saturated heterocycles. The van der Waals surface area contributed by atoms with E-state index >= 15 is 0 Å². The maximum absolute atomic E-state index is 5.68. The van der Waals surface area contributed by atoms with E-state index in [2.05, 4.69) is 66.7 Å². The Morgan fingerprint density at radius 2 is 1.52 bits per heavy atom. The Labute approximate surface area is 125 Å². The molecular formula is C20H18O. The van der Waals surface area contributed by atoms with Gasteiger partial charge in [-0.2, -0.15) is 0 Å². The predicted molar refractivity (Wildman–Crippen MR) is 86.6 cm³/mol. The Balaban J connectivity index is 1.82. The summed E-state index contributed by atoms with van der Waals surface area (Å²) in [6.07, 6.45) is 1.26. The van der Waals surface area contributed by atoms with Gasteiger partial charge in [-0.1, -0.05) is 66.7 Å². The van der Waals surface area contributed by atoms with Crippen LogP contribution in [0.5, 0.6) is 0 Å². The summed E-state index contributed by atoms with van der Waals surface area (Å²) >= 11 is 0. The zero-order valence-corrected chi connectivity index (χ0v) is 12.1. The van der Waals surface area contributed by atoms with Crippen LogP contribution in [0.1, 0.15) is 35.1 Å². The van der Waals surface area contributed by atoms with Gasteiger partial charge in [0.2, 0.25) is 0 Å². The van der Waals surface area contributed by atoms with Gasteiger partial charge in [0.15, 0.2) is 0 Å². The molecule has 0 heterocycles. The highest BCUT2D eigenvalue weighted by molar-refractivity contribution is 5.83. The molecule has 104 valence electrons. The van der Waals surface area contributed by atoms with E-state index in [1.54, 1.807) is 0 Å². The van der Waals surface area contributed by atoms with Gasteiger partial charge in [-0.3, -0.25) is 0 Å². The molecule has 0 bridgehead atoms. The van der Waals surface area contributed by atoms with Crippen LogP contribution in [0, 0.1) is 0 Å². The van der Waals surface area contributed by atoms with Crippen LogP contribution in [-0.2, 0) is 4.74 Å². The number of hydrogen-bond donors (Lipinski definition) is 0. The van der Waals surface area contributed by atoms with Gasteiger partial charge in [-0.25, -0.2) is 0 Å². The fourth-order valence-corrected chi connectivity index (χ4v) is 3.55. The molecule has 0 saturated carbocycles. The summed E-state index contributed by atoms with van der Waals surface area (Å²) in [6.45, 7) is 0. The van der Waals surface area contributed by atoms with Gasteiger partial charge in [0.05, 0.1) is 6.10 Å². The standard InChI is InChI=1S/C20H18O/c1-21-20-13-19(17-8-4-5-9-18(17)20)16-11-10-14-6-2-3-7-15(14)12-16/h2-12,19-20H,13H2,1H3/t19-,20-/m1/s1. The average Bonchev–Trinajstić information content (AvgIpc) is 2.93. The Morgan fingerprint density at radius 1 is 0.810 bits per heavy atom. The molecule has 0 amide bonds. The van der Waals surface area contributed by atoms with E-state index < -0.39 is 0 Å². The van der Waals surface area contributed by atoms with Gasteiger partial charge in [0.25, 0.3) is 0 Å². The van der Waals surface area contributed by atoms with Crippen LogP contribution in [-0.4, -0.2) is 7.11 Å². The second-order valence-electron chi connectivity index (χ2n) is 5.75. The number of methoxy groups -OCH3 is 1. The zero-order valence-electron chi connectivity index (χ0n) is 12.1. The fourth-order valence-electron chi connectivity index (χ4n) is 3.55. The maximum atomic E-state index is 5.68. The summed E-state index contributed by atoms with van der Waals surface area (Å²) in [5.41, 5.74) is 4.15. The normalized spacial score (nSPS) is 20.6. The molecule has 4 rings (SSSR count). The number of rotatable bonds is 2. The molecule has 0 radical (unpaired) electrons. The maximum Gasteiger partial charge on any atom is 0.0833 e. The smallest absolute Gasteiger partial charge is 0.0833 e. The van der Waals surface area contributed by atoms with Crippen molar-refractivity contribution in [1.82, 2.24) is 0 Å². The Morgan fingerprint density at radius 3 is 2.33 bits per heavy atom. The van der Waals surface area contributed by atoms with E-state index in [1.165, 1.54) is 27.5 Å². The second-order valence-corrected chi connectivity index (χ2v) is 5.75. The predicted octanol–water partition coefficient (Wildman–Crippen LogP) is 5.06. The van der Waals surface area contributed by atoms with Crippen molar-refractivity contribution in [3.63, 3.8) is 0 Å². The molecule has 1 nitrogen and oxygen atoms in total. The summed E-state index contributed by atoms with van der Waals surface area (Å²) in [6, 6.07) is 24.1. The minimum atomic E-state index is 0.220. The Kier molecular flexibility index (Phi) is 3.01. The first-order valence-electron chi connectivity index (χ1n) is 7.47. The Bertz CT molecular complexity index is 790. The number of fused-ring (bicyclic) bond motifs is 2. The average molecular weight is 274 g/mol. The van der Waals surface area contributed by atoms with Crippen molar-refractivity contribution in [1.29, 1.82) is 0 Å². The lowest BCUT2D eigenvalue weighted by Gasteiger charge is -2.13. The van der Waals surface area contributed by atoms with Gasteiger partial charge in [0.1, 0.15) is 0 Å². The fraction of sp³-hybridized carbons (Fsp3) is 0.200. The molecule has 21 heavy (non-hydrogen) atoms. The second kappa shape index (κ2) is 5.01. The first kappa shape index (κ1) is 12.6. The lowest BCUT2D eigenvalue weighted by atomic mass is 9.91. The van der Waals surface area contributed by atoms with Gasteiger partial charge >= 0.3 is 0 Å². The first-order chi connectivity index (χ1) is 10.4. The Hall–Kier alpha value is -2.12. The van der Waals surface area contributed by atoms with Crippen LogP contribution in [0.3, 0.4) is 0 Å². The number of benzene rings is 3. The van der Waals surface area contributed by atoms with Crippen molar-refractivity contribution < 1.29 is 4.74 Å². The molecule has 1 aliphatic rings. The van der Waals surface area contributed by atoms with E-state index in [-0.39, 0.29) is 6.10 Å². The van der Waals surface area contributed by atoms with E-state index in [0.29, 0.717) is 5.92 Å². The van der Waals surface area contributed by atoms with Crippen molar-refractivity contribution in [2.75, 3.05) is 7.11 Å². The molecule has 0 fully saturated rings. The molecular weight excluding hydrogens is 256 g/mol. The zero-order chi connectivity index (χ0) is 14.2. The molecule has 3 aromatic rings. The van der Waals surface area contributed by atoms with Crippen molar-refractivity contribution in [3.8, 4) is 0 Å². The van der Waals surface area contributed by atoms with E-state index in [0.717, 1.165) is 6.42 Å². The third-order valence-electron chi connectivity index (χ3n) is 4.63.